The molecular weight excluding hydrogens is 609 g/mol. The van der Waals surface area contributed by atoms with Crippen LogP contribution in [0.5, 0.6) is 5.75 Å². The fourth-order valence-electron chi connectivity index (χ4n) is 5.05. The minimum Gasteiger partial charge on any atom is -0.497 e. The molecule has 248 valence electrons. The van der Waals surface area contributed by atoms with Crippen molar-refractivity contribution in [2.24, 2.45) is 5.92 Å². The zero-order chi connectivity index (χ0) is 34.3. The summed E-state index contributed by atoms with van der Waals surface area (Å²) in [6, 6.07) is 20.1. The Labute approximate surface area is 272 Å². The van der Waals surface area contributed by atoms with Gasteiger partial charge in [0.05, 0.1) is 7.11 Å². The van der Waals surface area contributed by atoms with Crippen LogP contribution < -0.4 is 15.0 Å². The summed E-state index contributed by atoms with van der Waals surface area (Å²) in [4.78, 5) is 60.9. The van der Waals surface area contributed by atoms with Crippen molar-refractivity contribution in [2.75, 3.05) is 43.5 Å². The summed E-state index contributed by atoms with van der Waals surface area (Å²) in [5.41, 5.74) is 2.46. The molecule has 0 bridgehead atoms. The largest absolute Gasteiger partial charge is 0.497 e. The zero-order valence-electron chi connectivity index (χ0n) is 26.2. The number of likely N-dealkylation sites (tertiary alicyclic amines) is 1. The smallest absolute Gasteiger partial charge is 0.328 e. The van der Waals surface area contributed by atoms with E-state index in [4.69, 9.17) is 14.9 Å². The van der Waals surface area contributed by atoms with Crippen molar-refractivity contribution in [3.8, 4) is 5.75 Å². The molecule has 0 atom stereocenters. The van der Waals surface area contributed by atoms with Gasteiger partial charge in [0, 0.05) is 60.1 Å². The third-order valence-corrected chi connectivity index (χ3v) is 7.37. The van der Waals surface area contributed by atoms with Crippen molar-refractivity contribution in [2.45, 2.75) is 26.2 Å². The predicted molar refractivity (Wildman–Crippen MR) is 174 cm³/mol. The molecule has 3 aromatic rings. The lowest BCUT2D eigenvalue weighted by atomic mass is 9.89. The second kappa shape index (κ2) is 18.0. The first-order valence-corrected chi connectivity index (χ1v) is 15.0. The van der Waals surface area contributed by atoms with Crippen LogP contribution in [0.1, 0.15) is 46.9 Å². The highest BCUT2D eigenvalue weighted by Crippen LogP contribution is 2.25. The van der Waals surface area contributed by atoms with Gasteiger partial charge in [0.2, 0.25) is 5.91 Å². The van der Waals surface area contributed by atoms with Gasteiger partial charge in [-0.25, -0.2) is 14.0 Å². The summed E-state index contributed by atoms with van der Waals surface area (Å²) in [6.07, 6.45) is 3.39. The summed E-state index contributed by atoms with van der Waals surface area (Å²) in [7, 11) is 1.59. The number of carboxylic acids is 2. The van der Waals surface area contributed by atoms with E-state index in [0.717, 1.165) is 44.6 Å². The van der Waals surface area contributed by atoms with Crippen LogP contribution in [0.2, 0.25) is 0 Å². The number of anilines is 2. The number of amides is 2. The SMILES string of the molecule is COc1cccc(N(CCCN2CCC(C(=O)c3ccc(F)cc3)CC2)C(=O)c2ccc(NC(C)=O)cc2)c1.O=C(O)C=CC(=O)O. The molecule has 1 aliphatic heterocycles. The van der Waals surface area contributed by atoms with E-state index in [2.05, 4.69) is 10.2 Å². The van der Waals surface area contributed by atoms with E-state index in [0.29, 0.717) is 41.3 Å². The standard InChI is InChI=1S/C31H34FN3O4.C4H4O4/c1-22(36)33-27-13-9-25(10-14-27)31(38)35(28-5-3-6-29(21-28)39-2)18-4-17-34-19-15-24(16-20-34)30(37)23-7-11-26(32)12-8-23;5-3(6)1-2-4(7)8/h3,5-14,21,24H,4,15-20H2,1-2H3,(H,33,36);1-2H,(H,5,6)(H,7,8). The number of hydrogen-bond acceptors (Lipinski definition) is 7. The molecule has 2 amide bonds. The maximum absolute atomic E-state index is 13.6. The summed E-state index contributed by atoms with van der Waals surface area (Å²) < 4.78 is 18.6. The molecule has 1 heterocycles. The molecule has 1 fully saturated rings. The molecule has 0 spiro atoms. The van der Waals surface area contributed by atoms with Gasteiger partial charge >= 0.3 is 11.9 Å². The van der Waals surface area contributed by atoms with E-state index in [-0.39, 0.29) is 29.3 Å². The fraction of sp³-hybridized carbons (Fsp3) is 0.286. The molecule has 0 aromatic heterocycles. The molecule has 3 aromatic carbocycles. The van der Waals surface area contributed by atoms with Crippen LogP contribution in [0.3, 0.4) is 0 Å². The van der Waals surface area contributed by atoms with Gasteiger partial charge in [-0.2, -0.15) is 0 Å². The van der Waals surface area contributed by atoms with Crippen LogP contribution in [-0.2, 0) is 14.4 Å². The Kier molecular flexibility index (Phi) is 13.8. The van der Waals surface area contributed by atoms with Crippen LogP contribution in [0.25, 0.3) is 0 Å². The Balaban J connectivity index is 0.000000665. The number of nitrogens with zero attached hydrogens (tertiary/aromatic N) is 2. The number of carboxylic acid groups (broad SMARTS) is 2. The lowest BCUT2D eigenvalue weighted by molar-refractivity contribution is -0.134. The third-order valence-electron chi connectivity index (χ3n) is 7.37. The highest BCUT2D eigenvalue weighted by atomic mass is 19.1. The average Bonchev–Trinajstić information content (AvgIpc) is 3.06. The minimum atomic E-state index is -1.26. The van der Waals surface area contributed by atoms with Crippen LogP contribution in [0, 0.1) is 11.7 Å². The first-order chi connectivity index (χ1) is 22.5. The molecule has 0 saturated carbocycles. The van der Waals surface area contributed by atoms with Crippen molar-refractivity contribution in [3.05, 3.63) is 102 Å². The molecule has 1 saturated heterocycles. The Bertz CT molecular complexity index is 1550. The van der Waals surface area contributed by atoms with E-state index in [9.17, 15) is 28.4 Å². The number of piperidine rings is 1. The van der Waals surface area contributed by atoms with Gasteiger partial charge in [-0.15, -0.1) is 0 Å². The minimum absolute atomic E-state index is 0.0537. The van der Waals surface area contributed by atoms with E-state index >= 15 is 0 Å². The molecular formula is C35H38FN3O8. The molecule has 47 heavy (non-hydrogen) atoms. The molecule has 4 rings (SSSR count). The number of Topliss-reactive ketones (excluding diaryl/α,β-unsaturated/α-hetero) is 1. The number of nitrogens with one attached hydrogen (secondary N) is 1. The van der Waals surface area contributed by atoms with Gasteiger partial charge in [-0.3, -0.25) is 14.4 Å². The Morgan fingerprint density at radius 3 is 2.06 bits per heavy atom. The van der Waals surface area contributed by atoms with E-state index < -0.39 is 11.9 Å². The number of methoxy groups -OCH3 is 1. The number of carbonyl (C=O) groups is 5. The second-order valence-corrected chi connectivity index (χ2v) is 10.8. The van der Waals surface area contributed by atoms with Gasteiger partial charge in [0.25, 0.3) is 5.91 Å². The van der Waals surface area contributed by atoms with Crippen molar-refractivity contribution < 1.29 is 43.3 Å². The van der Waals surface area contributed by atoms with Gasteiger partial charge in [-0.05, 0) is 99.6 Å². The Morgan fingerprint density at radius 1 is 0.915 bits per heavy atom. The van der Waals surface area contributed by atoms with Crippen LogP contribution in [0.4, 0.5) is 15.8 Å². The molecule has 0 unspecified atom stereocenters. The number of halogens is 1. The summed E-state index contributed by atoms with van der Waals surface area (Å²) in [6.45, 7) is 4.35. The molecule has 0 radical (unpaired) electrons. The predicted octanol–water partition coefficient (Wildman–Crippen LogP) is 5.14. The Hall–Kier alpha value is -5.36. The Morgan fingerprint density at radius 2 is 1.51 bits per heavy atom. The van der Waals surface area contributed by atoms with Crippen molar-refractivity contribution >= 4 is 40.9 Å². The van der Waals surface area contributed by atoms with E-state index in [1.54, 1.807) is 48.4 Å². The summed E-state index contributed by atoms with van der Waals surface area (Å²) in [5.74, 6) is -2.47. The van der Waals surface area contributed by atoms with Gasteiger partial charge < -0.3 is 30.1 Å². The van der Waals surface area contributed by atoms with Gasteiger partial charge in [0.15, 0.2) is 5.78 Å². The number of rotatable bonds is 12. The van der Waals surface area contributed by atoms with Crippen molar-refractivity contribution in [3.63, 3.8) is 0 Å². The number of carbonyl (C=O) groups excluding carboxylic acids is 3. The highest BCUT2D eigenvalue weighted by molar-refractivity contribution is 6.06. The molecule has 0 aliphatic carbocycles. The molecule has 3 N–H and O–H groups in total. The van der Waals surface area contributed by atoms with Crippen molar-refractivity contribution in [1.82, 2.24) is 4.90 Å². The summed E-state index contributed by atoms with van der Waals surface area (Å²) in [5, 5.41) is 18.3. The quantitative estimate of drug-likeness (QED) is 0.179. The van der Waals surface area contributed by atoms with E-state index in [1.807, 2.05) is 24.3 Å². The second-order valence-electron chi connectivity index (χ2n) is 10.8. The lowest BCUT2D eigenvalue weighted by Crippen LogP contribution is -2.39. The molecule has 1 aliphatic rings. The fourth-order valence-corrected chi connectivity index (χ4v) is 5.05. The normalized spacial score (nSPS) is 13.3. The number of ketones is 1. The van der Waals surface area contributed by atoms with Crippen LogP contribution >= 0.6 is 0 Å². The lowest BCUT2D eigenvalue weighted by Gasteiger charge is -2.32. The maximum Gasteiger partial charge on any atom is 0.328 e. The number of ether oxygens (including phenoxy) is 1. The zero-order valence-corrected chi connectivity index (χ0v) is 26.2. The number of hydrogen-bond donors (Lipinski definition) is 3. The topological polar surface area (TPSA) is 154 Å². The van der Waals surface area contributed by atoms with E-state index in [1.165, 1.54) is 19.1 Å². The van der Waals surface area contributed by atoms with Gasteiger partial charge in [-0.1, -0.05) is 6.07 Å². The summed E-state index contributed by atoms with van der Waals surface area (Å²) >= 11 is 0. The average molecular weight is 648 g/mol. The first-order valence-electron chi connectivity index (χ1n) is 15.0. The third kappa shape index (κ3) is 11.8. The van der Waals surface area contributed by atoms with Gasteiger partial charge in [0.1, 0.15) is 11.6 Å². The first kappa shape index (κ1) is 36.1. The highest BCUT2D eigenvalue weighted by Gasteiger charge is 2.26. The van der Waals surface area contributed by atoms with Crippen LogP contribution in [0.15, 0.2) is 84.9 Å². The van der Waals surface area contributed by atoms with Crippen LogP contribution in [-0.4, -0.2) is 77.9 Å². The monoisotopic (exact) mass is 647 g/mol. The molecule has 12 heteroatoms. The number of aliphatic carboxylic acids is 2. The molecule has 11 nitrogen and oxygen atoms in total. The number of benzene rings is 3. The van der Waals surface area contributed by atoms with Crippen molar-refractivity contribution in [1.29, 1.82) is 0 Å². The maximum atomic E-state index is 13.6.